The normalized spacial score (nSPS) is 8.32. The number of hydrogen-bond donors (Lipinski definition) is 0. The first-order chi connectivity index (χ1) is 7.91. The third-order valence-electron chi connectivity index (χ3n) is 1.65. The summed E-state index contributed by atoms with van der Waals surface area (Å²) < 4.78 is 0. The molecule has 1 aromatic carbocycles. The molecule has 0 aliphatic rings. The number of nitro groups is 1. The predicted molar refractivity (Wildman–Crippen MR) is 55.2 cm³/mol. The van der Waals surface area contributed by atoms with Gasteiger partial charge >= 0.3 is 26.2 Å². The van der Waals surface area contributed by atoms with Crippen molar-refractivity contribution in [2.45, 2.75) is 6.54 Å². The summed E-state index contributed by atoms with van der Waals surface area (Å²) in [6.45, 7) is 0.497. The average Bonchev–Trinajstić information content (AvgIpc) is 2.16. The zero-order valence-electron chi connectivity index (χ0n) is 10.1. The summed E-state index contributed by atoms with van der Waals surface area (Å²) in [5, 5.41) is 26.8. The number of benzene rings is 1. The Morgan fingerprint density at radius 2 is 1.68 bits per heavy atom. The van der Waals surface area contributed by atoms with Crippen LogP contribution in [0.2, 0.25) is 0 Å². The average molecular weight is 411 g/mol. The van der Waals surface area contributed by atoms with Crippen molar-refractivity contribution in [2.24, 2.45) is 0 Å². The maximum atomic E-state index is 10.2. The molecule has 0 N–H and O–H groups in total. The van der Waals surface area contributed by atoms with Gasteiger partial charge in [0, 0.05) is 11.5 Å². The zero-order chi connectivity index (χ0) is 13.3. The Balaban J connectivity index is -0.000000379. The van der Waals surface area contributed by atoms with E-state index in [1.165, 1.54) is 0 Å². The first-order valence-corrected chi connectivity index (χ1v) is 4.64. The number of rotatable bonds is 4. The minimum absolute atomic E-state index is 0. The Hall–Kier alpha value is -0.787. The number of carbonyl (C=O) groups is 1. The smallest absolute Gasteiger partial charge is 1.00 e. The number of nitrogens with zero attached hydrogens (tertiary/aromatic N) is 2. The largest absolute Gasteiger partial charge is 3.00 e. The second kappa shape index (κ2) is 13.6. The van der Waals surface area contributed by atoms with E-state index in [9.17, 15) is 10.1 Å². The van der Waals surface area contributed by atoms with E-state index in [4.69, 9.17) is 15.0 Å². The van der Waals surface area contributed by atoms with Gasteiger partial charge in [-0.15, -0.1) is 0 Å². The number of carboxylic acid groups (broad SMARTS) is 2. The van der Waals surface area contributed by atoms with E-state index >= 15 is 0 Å². The standard InChI is InChI=1S/C9H12N2O2.CH2O3.BrH.Zr/c1-10(8-11(12)13)7-9-5-3-2-4-6-9;2-1(3)4;;/h2-6H,7-8H2,1H3;(H2,2,3,4);1H;/q;;;+3/p-3. The van der Waals surface area contributed by atoms with Gasteiger partial charge in [-0.3, -0.25) is 10.1 Å². The van der Waals surface area contributed by atoms with Crippen LogP contribution >= 0.6 is 0 Å². The minimum Gasteiger partial charge on any atom is -1.00 e. The van der Waals surface area contributed by atoms with Crippen LogP contribution in [0.25, 0.3) is 0 Å². The van der Waals surface area contributed by atoms with Crippen LogP contribution in [-0.4, -0.2) is 29.7 Å². The van der Waals surface area contributed by atoms with Crippen LogP contribution in [0.1, 0.15) is 5.56 Å². The van der Waals surface area contributed by atoms with Gasteiger partial charge in [-0.1, -0.05) is 30.3 Å². The van der Waals surface area contributed by atoms with E-state index in [-0.39, 0.29) is 54.8 Å². The van der Waals surface area contributed by atoms with E-state index in [1.807, 2.05) is 30.3 Å². The topological polar surface area (TPSA) is 110 Å². The van der Waals surface area contributed by atoms with Crippen LogP contribution in [0.3, 0.4) is 0 Å². The van der Waals surface area contributed by atoms with Crippen LogP contribution < -0.4 is 27.2 Å². The third kappa shape index (κ3) is 17.2. The van der Waals surface area contributed by atoms with Crippen LogP contribution in [0.15, 0.2) is 30.3 Å². The van der Waals surface area contributed by atoms with Crippen LogP contribution in [0.5, 0.6) is 0 Å². The number of halogens is 1. The predicted octanol–water partition coefficient (Wildman–Crippen LogP) is -4.09. The molecule has 0 spiro atoms. The van der Waals surface area contributed by atoms with Gasteiger partial charge in [0.1, 0.15) is 0 Å². The van der Waals surface area contributed by atoms with Gasteiger partial charge in [-0.05, 0) is 18.8 Å². The maximum absolute atomic E-state index is 10.2. The van der Waals surface area contributed by atoms with Crippen LogP contribution in [-0.2, 0) is 32.7 Å². The molecule has 7 nitrogen and oxygen atoms in total. The van der Waals surface area contributed by atoms with Gasteiger partial charge in [0.05, 0.1) is 0 Å². The van der Waals surface area contributed by atoms with Crippen LogP contribution in [0, 0.1) is 10.1 Å². The molecule has 0 aliphatic heterocycles. The molecule has 0 unspecified atom stereocenters. The third-order valence-corrected chi connectivity index (χ3v) is 1.65. The Bertz CT molecular complexity index is 362. The fraction of sp³-hybridized carbons (Fsp3) is 0.300. The Kier molecular flexibility index (Phi) is 16.7. The summed E-state index contributed by atoms with van der Waals surface area (Å²) in [6, 6.07) is 9.69. The Labute approximate surface area is 140 Å². The second-order valence-electron chi connectivity index (χ2n) is 3.22. The van der Waals surface area contributed by atoms with Crippen molar-refractivity contribution in [2.75, 3.05) is 13.7 Å². The SMILES string of the molecule is CN(Cc1ccccc1)C[N+](=O)[O-].O=C([O-])[O-].[Br-].[Zr+3]. The monoisotopic (exact) mass is 409 g/mol. The van der Waals surface area contributed by atoms with Gasteiger partial charge < -0.3 is 32.0 Å². The fourth-order valence-electron chi connectivity index (χ4n) is 1.14. The van der Waals surface area contributed by atoms with E-state index in [1.54, 1.807) is 11.9 Å². The molecular weight excluding hydrogens is 399 g/mol. The molecule has 103 valence electrons. The van der Waals surface area contributed by atoms with Crippen molar-refractivity contribution in [1.82, 2.24) is 4.90 Å². The maximum Gasteiger partial charge on any atom is 3.00 e. The molecule has 0 heterocycles. The van der Waals surface area contributed by atoms with E-state index in [2.05, 4.69) is 0 Å². The van der Waals surface area contributed by atoms with Gasteiger partial charge in [0.15, 0.2) is 0 Å². The first kappa shape index (κ1) is 23.3. The summed E-state index contributed by atoms with van der Waals surface area (Å²) >= 11 is 0. The summed E-state index contributed by atoms with van der Waals surface area (Å²) in [5.41, 5.74) is 1.09. The molecule has 0 saturated carbocycles. The molecule has 0 aliphatic carbocycles. The first-order valence-electron chi connectivity index (χ1n) is 4.64. The molecule has 0 saturated heterocycles. The van der Waals surface area contributed by atoms with Crippen molar-refractivity contribution in [1.29, 1.82) is 0 Å². The van der Waals surface area contributed by atoms with Crippen molar-refractivity contribution in [3.8, 4) is 0 Å². The summed E-state index contributed by atoms with van der Waals surface area (Å²) in [6.07, 6.45) is -2.33. The molecule has 1 radical (unpaired) electrons. The van der Waals surface area contributed by atoms with E-state index in [0.717, 1.165) is 5.56 Å². The molecule has 0 bridgehead atoms. The van der Waals surface area contributed by atoms with Gasteiger partial charge in [0.2, 0.25) is 0 Å². The Morgan fingerprint density at radius 1 is 1.26 bits per heavy atom. The minimum atomic E-state index is -2.33. The van der Waals surface area contributed by atoms with Crippen LogP contribution in [0.4, 0.5) is 4.79 Å². The molecule has 0 fully saturated rings. The van der Waals surface area contributed by atoms with Gasteiger partial charge in [-0.2, -0.15) is 0 Å². The summed E-state index contributed by atoms with van der Waals surface area (Å²) in [4.78, 5) is 19.8. The number of carbonyl (C=O) groups excluding carboxylic acids is 1. The number of hydrogen-bond acceptors (Lipinski definition) is 6. The summed E-state index contributed by atoms with van der Waals surface area (Å²) in [5.74, 6) is 0. The second-order valence-corrected chi connectivity index (χ2v) is 3.22. The molecule has 0 aromatic heterocycles. The molecule has 1 aromatic rings. The molecule has 1 rings (SSSR count). The molecule has 19 heavy (non-hydrogen) atoms. The quantitative estimate of drug-likeness (QED) is 0.283. The zero-order valence-corrected chi connectivity index (χ0v) is 14.2. The summed E-state index contributed by atoms with van der Waals surface area (Å²) in [7, 11) is 1.73. The Morgan fingerprint density at radius 3 is 2.05 bits per heavy atom. The van der Waals surface area contributed by atoms with E-state index < -0.39 is 6.16 Å². The van der Waals surface area contributed by atoms with Crippen molar-refractivity contribution < 1.29 is 63.1 Å². The molecule has 0 amide bonds. The fourth-order valence-corrected chi connectivity index (χ4v) is 1.14. The van der Waals surface area contributed by atoms with E-state index in [0.29, 0.717) is 6.54 Å². The molecule has 0 atom stereocenters. The van der Waals surface area contributed by atoms with Crippen molar-refractivity contribution >= 4 is 6.16 Å². The molecular formula is C10H12BrN2O5Zr. The van der Waals surface area contributed by atoms with Crippen molar-refractivity contribution in [3.05, 3.63) is 46.0 Å². The van der Waals surface area contributed by atoms with Crippen molar-refractivity contribution in [3.63, 3.8) is 0 Å². The van der Waals surface area contributed by atoms with Gasteiger partial charge in [-0.25, -0.2) is 4.90 Å². The molecule has 9 heteroatoms. The van der Waals surface area contributed by atoms with Gasteiger partial charge in [0.25, 0.3) is 6.67 Å².